The predicted octanol–water partition coefficient (Wildman–Crippen LogP) is 3.95. The zero-order valence-electron chi connectivity index (χ0n) is 17.1. The normalized spacial score (nSPS) is 14.4. The number of para-hydroxylation sites is 1. The van der Waals surface area contributed by atoms with Crippen molar-refractivity contribution in [1.29, 1.82) is 0 Å². The summed E-state index contributed by atoms with van der Waals surface area (Å²) in [6.45, 7) is 2.26. The average molecular weight is 429 g/mol. The summed E-state index contributed by atoms with van der Waals surface area (Å²) in [4.78, 5) is 19.8. The molecule has 4 rings (SSSR count). The van der Waals surface area contributed by atoms with Crippen molar-refractivity contribution in [1.82, 2.24) is 15.2 Å². The fourth-order valence-corrected chi connectivity index (χ4v) is 3.95. The van der Waals surface area contributed by atoms with E-state index >= 15 is 0 Å². The highest BCUT2D eigenvalue weighted by molar-refractivity contribution is 7.81. The first-order valence-electron chi connectivity index (χ1n) is 10.2. The summed E-state index contributed by atoms with van der Waals surface area (Å²) < 4.78 is 0. The minimum absolute atomic E-state index is 0.0211. The maximum Gasteiger partial charge on any atom is 0.181 e. The molecule has 0 bridgehead atoms. The molecule has 6 heteroatoms. The van der Waals surface area contributed by atoms with Crippen LogP contribution in [0.3, 0.4) is 0 Å². The summed E-state index contributed by atoms with van der Waals surface area (Å²) >= 11 is 5.65. The van der Waals surface area contributed by atoms with Crippen LogP contribution >= 0.6 is 12.2 Å². The van der Waals surface area contributed by atoms with Crippen molar-refractivity contribution in [3.05, 3.63) is 108 Å². The second kappa shape index (κ2) is 10.1. The Morgan fingerprint density at radius 1 is 0.903 bits per heavy atom. The van der Waals surface area contributed by atoms with Gasteiger partial charge in [-0.1, -0.05) is 60.7 Å². The number of rotatable bonds is 7. The van der Waals surface area contributed by atoms with Gasteiger partial charge in [0.2, 0.25) is 0 Å². The number of carbonyl (C=O) groups excluding carboxylic acids is 1. The number of nitrogens with zero attached hydrogens (tertiary/aromatic N) is 2. The van der Waals surface area contributed by atoms with E-state index in [9.17, 15) is 4.79 Å². The average Bonchev–Trinajstić information content (AvgIpc) is 2.79. The number of carbonyl (C=O) groups is 1. The van der Waals surface area contributed by atoms with Crippen molar-refractivity contribution in [3.63, 3.8) is 0 Å². The predicted molar refractivity (Wildman–Crippen MR) is 127 cm³/mol. The van der Waals surface area contributed by atoms with E-state index in [0.29, 0.717) is 36.7 Å². The molecule has 0 spiro atoms. The third-order valence-corrected chi connectivity index (χ3v) is 5.40. The van der Waals surface area contributed by atoms with Gasteiger partial charge in [0.1, 0.15) is 4.99 Å². The summed E-state index contributed by atoms with van der Waals surface area (Å²) in [7, 11) is 0. The molecule has 1 aliphatic rings. The number of nitrogens with one attached hydrogen (secondary N) is 2. The number of Topliss-reactive ketones (excluding diaryl/α,β-unsaturated/α-hetero) is 1. The lowest BCUT2D eigenvalue weighted by Gasteiger charge is -2.31. The smallest absolute Gasteiger partial charge is 0.181 e. The molecule has 31 heavy (non-hydrogen) atoms. The number of thiocarbonyl (C=S) groups is 1. The largest absolute Gasteiger partial charge is 0.383 e. The lowest BCUT2D eigenvalue weighted by Crippen LogP contribution is -2.43. The standard InChI is InChI=1S/C25H24N4OS/c30-23-18-29(16-20-7-3-1-4-8-20)17-22(27-15-19-11-13-26-14-12-19)24(23)25(31)28-21-9-5-2-6-10-21/h1-14,27H,15-18H2,(H,28,31). The first-order chi connectivity index (χ1) is 15.2. The molecule has 0 amide bonds. The molecule has 2 heterocycles. The van der Waals surface area contributed by atoms with Crippen molar-refractivity contribution in [2.45, 2.75) is 13.1 Å². The summed E-state index contributed by atoms with van der Waals surface area (Å²) in [6, 6.07) is 23.8. The minimum atomic E-state index is 0.0211. The summed E-state index contributed by atoms with van der Waals surface area (Å²) in [5.74, 6) is 0.0211. The van der Waals surface area contributed by atoms with Crippen LogP contribution in [-0.2, 0) is 17.9 Å². The van der Waals surface area contributed by atoms with Crippen LogP contribution in [0.2, 0.25) is 0 Å². The van der Waals surface area contributed by atoms with Crippen LogP contribution in [0.1, 0.15) is 11.1 Å². The van der Waals surface area contributed by atoms with Crippen LogP contribution in [0, 0.1) is 0 Å². The van der Waals surface area contributed by atoms with Crippen LogP contribution in [0.15, 0.2) is 96.5 Å². The fourth-order valence-electron chi connectivity index (χ4n) is 3.59. The highest BCUT2D eigenvalue weighted by atomic mass is 32.1. The van der Waals surface area contributed by atoms with Crippen LogP contribution < -0.4 is 10.6 Å². The molecule has 2 N–H and O–H groups in total. The lowest BCUT2D eigenvalue weighted by atomic mass is 10.0. The first-order valence-corrected chi connectivity index (χ1v) is 10.6. The van der Waals surface area contributed by atoms with E-state index < -0.39 is 0 Å². The number of aromatic nitrogens is 1. The van der Waals surface area contributed by atoms with Gasteiger partial charge in [0.05, 0.1) is 12.1 Å². The van der Waals surface area contributed by atoms with Crippen LogP contribution in [-0.4, -0.2) is 33.7 Å². The van der Waals surface area contributed by atoms with Crippen molar-refractivity contribution in [2.24, 2.45) is 0 Å². The topological polar surface area (TPSA) is 57.3 Å². The van der Waals surface area contributed by atoms with Gasteiger partial charge >= 0.3 is 0 Å². The Bertz CT molecular complexity index is 1070. The Morgan fingerprint density at radius 3 is 2.29 bits per heavy atom. The van der Waals surface area contributed by atoms with E-state index in [-0.39, 0.29) is 5.78 Å². The van der Waals surface area contributed by atoms with E-state index in [1.165, 1.54) is 5.56 Å². The molecule has 2 aromatic carbocycles. The fraction of sp³-hybridized carbons (Fsp3) is 0.160. The van der Waals surface area contributed by atoms with Gasteiger partial charge in [0.15, 0.2) is 5.78 Å². The van der Waals surface area contributed by atoms with E-state index in [2.05, 4.69) is 32.7 Å². The number of hydrogen-bond acceptors (Lipinski definition) is 5. The zero-order valence-corrected chi connectivity index (χ0v) is 17.9. The molecule has 0 radical (unpaired) electrons. The molecule has 0 saturated heterocycles. The minimum Gasteiger partial charge on any atom is -0.383 e. The van der Waals surface area contributed by atoms with Crippen LogP contribution in [0.25, 0.3) is 0 Å². The third kappa shape index (κ3) is 5.63. The number of hydrogen-bond donors (Lipinski definition) is 2. The van der Waals surface area contributed by atoms with Crippen molar-refractivity contribution < 1.29 is 4.79 Å². The Labute approximate surface area is 187 Å². The molecule has 0 fully saturated rings. The number of benzene rings is 2. The Kier molecular flexibility index (Phi) is 6.82. The monoisotopic (exact) mass is 428 g/mol. The molecule has 0 aliphatic carbocycles. The SMILES string of the molecule is O=C1CN(Cc2ccccc2)CC(NCc2ccncc2)=C1C(=S)Nc1ccccc1. The van der Waals surface area contributed by atoms with Gasteiger partial charge in [0.25, 0.3) is 0 Å². The van der Waals surface area contributed by atoms with E-state index in [0.717, 1.165) is 16.9 Å². The van der Waals surface area contributed by atoms with Crippen molar-refractivity contribution in [2.75, 3.05) is 18.4 Å². The van der Waals surface area contributed by atoms with Crippen molar-refractivity contribution >= 4 is 28.7 Å². The molecular weight excluding hydrogens is 404 g/mol. The molecule has 156 valence electrons. The number of anilines is 1. The maximum atomic E-state index is 13.2. The molecule has 0 atom stereocenters. The van der Waals surface area contributed by atoms with Crippen molar-refractivity contribution in [3.8, 4) is 0 Å². The van der Waals surface area contributed by atoms with E-state index in [4.69, 9.17) is 12.2 Å². The second-order valence-electron chi connectivity index (χ2n) is 7.44. The molecular formula is C25H24N4OS. The molecule has 1 aliphatic heterocycles. The Balaban J connectivity index is 1.57. The summed E-state index contributed by atoms with van der Waals surface area (Å²) in [6.07, 6.45) is 3.53. The third-order valence-electron chi connectivity index (χ3n) is 5.09. The highest BCUT2D eigenvalue weighted by Crippen LogP contribution is 2.20. The van der Waals surface area contributed by atoms with Gasteiger partial charge < -0.3 is 10.6 Å². The van der Waals surface area contributed by atoms with E-state index in [1.807, 2.05) is 60.7 Å². The molecule has 3 aromatic rings. The summed E-state index contributed by atoms with van der Waals surface area (Å²) in [5, 5.41) is 6.68. The van der Waals surface area contributed by atoms with Gasteiger partial charge in [-0.3, -0.25) is 14.7 Å². The number of ketones is 1. The van der Waals surface area contributed by atoms with Gasteiger partial charge in [-0.15, -0.1) is 0 Å². The van der Waals surface area contributed by atoms with Crippen LogP contribution in [0.4, 0.5) is 5.69 Å². The molecule has 5 nitrogen and oxygen atoms in total. The molecule has 1 aromatic heterocycles. The van der Waals surface area contributed by atoms with E-state index in [1.54, 1.807) is 12.4 Å². The zero-order chi connectivity index (χ0) is 21.5. The first kappa shape index (κ1) is 20.9. The highest BCUT2D eigenvalue weighted by Gasteiger charge is 2.28. The van der Waals surface area contributed by atoms with Gasteiger partial charge in [-0.25, -0.2) is 0 Å². The van der Waals surface area contributed by atoms with Crippen LogP contribution in [0.5, 0.6) is 0 Å². The summed E-state index contributed by atoms with van der Waals surface area (Å²) in [5.41, 5.74) is 4.55. The lowest BCUT2D eigenvalue weighted by molar-refractivity contribution is -0.117. The number of pyridine rings is 1. The quantitative estimate of drug-likeness (QED) is 0.556. The molecule has 0 saturated carbocycles. The van der Waals surface area contributed by atoms with Gasteiger partial charge in [-0.05, 0) is 35.4 Å². The molecule has 0 unspecified atom stereocenters. The van der Waals surface area contributed by atoms with Gasteiger partial charge in [-0.2, -0.15) is 0 Å². The Hall–Kier alpha value is -3.35. The Morgan fingerprint density at radius 2 is 1.58 bits per heavy atom. The second-order valence-corrected chi connectivity index (χ2v) is 7.84. The van der Waals surface area contributed by atoms with Gasteiger partial charge in [0, 0.05) is 43.4 Å². The maximum absolute atomic E-state index is 13.2.